The summed E-state index contributed by atoms with van der Waals surface area (Å²) in [6.45, 7) is 6.10. The Morgan fingerprint density at radius 3 is 2.61 bits per heavy atom. The van der Waals surface area contributed by atoms with Crippen LogP contribution in [0.3, 0.4) is 0 Å². The van der Waals surface area contributed by atoms with E-state index in [2.05, 4.69) is 34.8 Å². The number of ether oxygens (including phenoxy) is 1. The predicted molar refractivity (Wildman–Crippen MR) is 90.8 cm³/mol. The van der Waals surface area contributed by atoms with Crippen molar-refractivity contribution in [1.29, 1.82) is 0 Å². The molecule has 5 heteroatoms. The van der Waals surface area contributed by atoms with Gasteiger partial charge in [-0.3, -0.25) is 4.98 Å². The van der Waals surface area contributed by atoms with Gasteiger partial charge in [0.25, 0.3) is 0 Å². The fourth-order valence-electron chi connectivity index (χ4n) is 2.89. The highest BCUT2D eigenvalue weighted by atomic mass is 16.5. The van der Waals surface area contributed by atoms with Gasteiger partial charge in [-0.05, 0) is 49.9 Å². The Kier molecular flexibility index (Phi) is 4.86. The molecule has 23 heavy (non-hydrogen) atoms. The molecule has 2 aromatic heterocycles. The number of hydrogen-bond acceptors (Lipinski definition) is 5. The van der Waals surface area contributed by atoms with Crippen molar-refractivity contribution in [2.45, 2.75) is 39.2 Å². The average Bonchev–Trinajstić information content (AvgIpc) is 2.58. The monoisotopic (exact) mass is 312 g/mol. The summed E-state index contributed by atoms with van der Waals surface area (Å²) in [7, 11) is 1.79. The van der Waals surface area contributed by atoms with E-state index in [0.29, 0.717) is 6.10 Å². The lowest BCUT2D eigenvalue weighted by molar-refractivity contribution is 0.0816. The van der Waals surface area contributed by atoms with Crippen LogP contribution >= 0.6 is 0 Å². The zero-order valence-electron chi connectivity index (χ0n) is 14.1. The summed E-state index contributed by atoms with van der Waals surface area (Å²) >= 11 is 0. The van der Waals surface area contributed by atoms with E-state index in [-0.39, 0.29) is 0 Å². The highest BCUT2D eigenvalue weighted by Crippen LogP contribution is 2.18. The van der Waals surface area contributed by atoms with Crippen molar-refractivity contribution in [2.75, 3.05) is 25.1 Å². The lowest BCUT2D eigenvalue weighted by Crippen LogP contribution is -2.37. The maximum absolute atomic E-state index is 5.42. The van der Waals surface area contributed by atoms with Gasteiger partial charge in [0.05, 0.1) is 11.8 Å². The standard InChI is InChI=1S/C18H24N4O/c1-13-10-16(20-12-14(13)2)11-15-4-7-19-18(21-15)22-8-5-17(23-3)6-9-22/h4,7,10,12,17H,5-6,8-9,11H2,1-3H3. The average molecular weight is 312 g/mol. The molecule has 1 saturated heterocycles. The topological polar surface area (TPSA) is 51.1 Å². The molecule has 0 saturated carbocycles. The van der Waals surface area contributed by atoms with Gasteiger partial charge in [0.15, 0.2) is 0 Å². The third kappa shape index (κ3) is 3.85. The van der Waals surface area contributed by atoms with Gasteiger partial charge in [-0.1, -0.05) is 0 Å². The van der Waals surface area contributed by atoms with Crippen molar-refractivity contribution in [1.82, 2.24) is 15.0 Å². The Hall–Kier alpha value is -2.01. The van der Waals surface area contributed by atoms with E-state index >= 15 is 0 Å². The fourth-order valence-corrected chi connectivity index (χ4v) is 2.89. The Bertz CT molecular complexity index is 666. The van der Waals surface area contributed by atoms with E-state index in [1.807, 2.05) is 18.5 Å². The number of aryl methyl sites for hydroxylation is 2. The Labute approximate surface area is 137 Å². The van der Waals surface area contributed by atoms with Crippen molar-refractivity contribution in [3.8, 4) is 0 Å². The van der Waals surface area contributed by atoms with Gasteiger partial charge >= 0.3 is 0 Å². The molecule has 0 aromatic carbocycles. The van der Waals surface area contributed by atoms with Crippen LogP contribution in [0.4, 0.5) is 5.95 Å². The van der Waals surface area contributed by atoms with Crippen LogP contribution in [0.15, 0.2) is 24.5 Å². The van der Waals surface area contributed by atoms with Gasteiger partial charge in [-0.2, -0.15) is 0 Å². The van der Waals surface area contributed by atoms with Crippen LogP contribution in [0.5, 0.6) is 0 Å². The van der Waals surface area contributed by atoms with Crippen molar-refractivity contribution in [3.63, 3.8) is 0 Å². The molecule has 5 nitrogen and oxygen atoms in total. The molecular weight excluding hydrogens is 288 g/mol. The summed E-state index contributed by atoms with van der Waals surface area (Å²) in [5, 5.41) is 0. The van der Waals surface area contributed by atoms with Crippen molar-refractivity contribution in [3.05, 3.63) is 47.0 Å². The molecule has 0 amide bonds. The second-order valence-electron chi connectivity index (χ2n) is 6.21. The van der Waals surface area contributed by atoms with Crippen LogP contribution in [0, 0.1) is 13.8 Å². The largest absolute Gasteiger partial charge is 0.381 e. The van der Waals surface area contributed by atoms with E-state index < -0.39 is 0 Å². The lowest BCUT2D eigenvalue weighted by atomic mass is 10.1. The molecule has 122 valence electrons. The Balaban J connectivity index is 1.71. The van der Waals surface area contributed by atoms with Gasteiger partial charge in [0.1, 0.15) is 0 Å². The fraction of sp³-hybridized carbons (Fsp3) is 0.500. The smallest absolute Gasteiger partial charge is 0.225 e. The summed E-state index contributed by atoms with van der Waals surface area (Å²) in [4.78, 5) is 15.9. The maximum Gasteiger partial charge on any atom is 0.225 e. The van der Waals surface area contributed by atoms with Crippen LogP contribution in [0.25, 0.3) is 0 Å². The first-order valence-corrected chi connectivity index (χ1v) is 8.17. The van der Waals surface area contributed by atoms with E-state index in [4.69, 9.17) is 9.72 Å². The van der Waals surface area contributed by atoms with Crippen LogP contribution in [-0.4, -0.2) is 41.3 Å². The number of hydrogen-bond donors (Lipinski definition) is 0. The first-order valence-electron chi connectivity index (χ1n) is 8.17. The van der Waals surface area contributed by atoms with E-state index in [1.165, 1.54) is 11.1 Å². The first kappa shape index (κ1) is 15.9. The first-order chi connectivity index (χ1) is 11.2. The zero-order valence-corrected chi connectivity index (χ0v) is 14.1. The molecule has 1 aliphatic heterocycles. The molecule has 3 rings (SSSR count). The molecule has 0 aliphatic carbocycles. The van der Waals surface area contributed by atoms with Gasteiger partial charge in [-0.25, -0.2) is 9.97 Å². The van der Waals surface area contributed by atoms with Gasteiger partial charge < -0.3 is 9.64 Å². The Morgan fingerprint density at radius 1 is 1.13 bits per heavy atom. The molecule has 1 fully saturated rings. The molecule has 0 spiro atoms. The number of methoxy groups -OCH3 is 1. The van der Waals surface area contributed by atoms with Crippen LogP contribution in [-0.2, 0) is 11.2 Å². The number of aromatic nitrogens is 3. The highest BCUT2D eigenvalue weighted by Gasteiger charge is 2.20. The van der Waals surface area contributed by atoms with Crippen molar-refractivity contribution < 1.29 is 4.74 Å². The highest BCUT2D eigenvalue weighted by molar-refractivity contribution is 5.32. The quantitative estimate of drug-likeness (QED) is 0.869. The second kappa shape index (κ2) is 7.04. The molecule has 0 atom stereocenters. The number of pyridine rings is 1. The van der Waals surface area contributed by atoms with Gasteiger partial charge in [0.2, 0.25) is 5.95 Å². The summed E-state index contributed by atoms with van der Waals surface area (Å²) < 4.78 is 5.42. The third-order valence-electron chi connectivity index (χ3n) is 4.55. The van der Waals surface area contributed by atoms with Crippen LogP contribution < -0.4 is 4.90 Å². The van der Waals surface area contributed by atoms with Crippen LogP contribution in [0.1, 0.15) is 35.4 Å². The Morgan fingerprint density at radius 2 is 1.91 bits per heavy atom. The normalized spacial score (nSPS) is 15.9. The van der Waals surface area contributed by atoms with Gasteiger partial charge in [-0.15, -0.1) is 0 Å². The maximum atomic E-state index is 5.42. The lowest BCUT2D eigenvalue weighted by Gasteiger charge is -2.31. The summed E-state index contributed by atoms with van der Waals surface area (Å²) in [5.74, 6) is 0.820. The molecule has 3 heterocycles. The number of anilines is 1. The molecule has 0 radical (unpaired) electrons. The number of nitrogens with zero attached hydrogens (tertiary/aromatic N) is 4. The van der Waals surface area contributed by atoms with Crippen molar-refractivity contribution in [2.24, 2.45) is 0 Å². The summed E-state index contributed by atoms with van der Waals surface area (Å²) in [5.41, 5.74) is 4.56. The molecule has 0 bridgehead atoms. The SMILES string of the molecule is COC1CCN(c2nccc(Cc3cc(C)c(C)cn3)n2)CC1. The minimum absolute atomic E-state index is 0.370. The molecule has 1 aliphatic rings. The summed E-state index contributed by atoms with van der Waals surface area (Å²) in [6, 6.07) is 4.11. The van der Waals surface area contributed by atoms with Crippen molar-refractivity contribution >= 4 is 5.95 Å². The van der Waals surface area contributed by atoms with E-state index in [1.54, 1.807) is 7.11 Å². The third-order valence-corrected chi connectivity index (χ3v) is 4.55. The van der Waals surface area contributed by atoms with E-state index in [0.717, 1.165) is 49.7 Å². The predicted octanol–water partition coefficient (Wildman–Crippen LogP) is 2.69. The van der Waals surface area contributed by atoms with E-state index in [9.17, 15) is 0 Å². The zero-order chi connectivity index (χ0) is 16.2. The molecule has 2 aromatic rings. The minimum atomic E-state index is 0.370. The van der Waals surface area contributed by atoms with Gasteiger partial charge in [0, 0.05) is 44.7 Å². The van der Waals surface area contributed by atoms with Crippen LogP contribution in [0.2, 0.25) is 0 Å². The number of rotatable bonds is 4. The molecular formula is C18H24N4O. The molecule has 0 N–H and O–H groups in total. The second-order valence-corrected chi connectivity index (χ2v) is 6.21. The minimum Gasteiger partial charge on any atom is -0.381 e. The summed E-state index contributed by atoms with van der Waals surface area (Å²) in [6.07, 6.45) is 6.95. The molecule has 0 unspecified atom stereocenters. The number of piperidine rings is 1.